The molecule has 0 unspecified atom stereocenters. The Morgan fingerprint density at radius 2 is 1.91 bits per heavy atom. The monoisotopic (exact) mass is 199 g/mol. The summed E-state index contributed by atoms with van der Waals surface area (Å²) in [5, 5.41) is -0.164. The van der Waals surface area contributed by atoms with Crippen molar-refractivity contribution in [1.29, 1.82) is 0 Å². The summed E-state index contributed by atoms with van der Waals surface area (Å²) in [5.41, 5.74) is 5.56. The summed E-state index contributed by atoms with van der Waals surface area (Å²) < 4.78 is 21.8. The first-order valence-corrected chi connectivity index (χ1v) is 5.40. The molecule has 1 aliphatic rings. The molecule has 0 aromatic carbocycles. The first-order valence-electron chi connectivity index (χ1n) is 3.44. The molecule has 0 saturated heterocycles. The third-order valence-corrected chi connectivity index (χ3v) is 3.67. The predicted octanol–water partition coefficient (Wildman–Crippen LogP) is 0.333. The molecular weight excluding hydrogens is 186 g/mol. The zero-order valence-electron chi connectivity index (χ0n) is 6.49. The minimum absolute atomic E-state index is 0. The van der Waals surface area contributed by atoms with E-state index in [1.807, 2.05) is 0 Å². The van der Waals surface area contributed by atoms with Gasteiger partial charge in [-0.1, -0.05) is 0 Å². The van der Waals surface area contributed by atoms with E-state index in [1.54, 1.807) is 0 Å². The molecule has 5 heteroatoms. The van der Waals surface area contributed by atoms with E-state index in [2.05, 4.69) is 0 Å². The molecule has 0 spiro atoms. The Labute approximate surface area is 73.7 Å². The van der Waals surface area contributed by atoms with Crippen LogP contribution < -0.4 is 5.73 Å². The van der Waals surface area contributed by atoms with Crippen LogP contribution in [0.4, 0.5) is 0 Å². The Morgan fingerprint density at radius 3 is 2.09 bits per heavy atom. The van der Waals surface area contributed by atoms with Crippen molar-refractivity contribution in [2.45, 2.75) is 30.6 Å². The third-order valence-electron chi connectivity index (χ3n) is 2.03. The van der Waals surface area contributed by atoms with E-state index in [9.17, 15) is 8.42 Å². The minimum Gasteiger partial charge on any atom is -0.328 e. The Kier molecular flexibility index (Phi) is 3.80. The van der Waals surface area contributed by atoms with Crippen molar-refractivity contribution in [2.75, 3.05) is 6.26 Å². The number of sulfone groups is 1. The Balaban J connectivity index is 0.000001000. The Bertz CT molecular complexity index is 215. The molecule has 1 fully saturated rings. The lowest BCUT2D eigenvalue weighted by Crippen LogP contribution is -2.20. The van der Waals surface area contributed by atoms with Crippen LogP contribution in [0.3, 0.4) is 0 Å². The fraction of sp³-hybridized carbons (Fsp3) is 1.00. The topological polar surface area (TPSA) is 60.2 Å². The minimum atomic E-state index is -2.82. The molecule has 1 aliphatic carbocycles. The number of hydrogen-bond donors (Lipinski definition) is 1. The van der Waals surface area contributed by atoms with Gasteiger partial charge in [-0.05, 0) is 19.3 Å². The van der Waals surface area contributed by atoms with E-state index in [0.717, 1.165) is 12.8 Å². The number of rotatable bonds is 1. The molecule has 0 amide bonds. The van der Waals surface area contributed by atoms with Gasteiger partial charge in [0.2, 0.25) is 0 Å². The van der Waals surface area contributed by atoms with E-state index < -0.39 is 9.84 Å². The fourth-order valence-electron chi connectivity index (χ4n) is 1.36. The summed E-state index contributed by atoms with van der Waals surface area (Å²) in [6, 6.07) is 0.111. The first kappa shape index (κ1) is 11.2. The maximum atomic E-state index is 10.9. The van der Waals surface area contributed by atoms with Gasteiger partial charge in [-0.15, -0.1) is 12.4 Å². The van der Waals surface area contributed by atoms with Crippen LogP contribution in [0.5, 0.6) is 0 Å². The van der Waals surface area contributed by atoms with E-state index in [0.29, 0.717) is 6.42 Å². The molecule has 1 rings (SSSR count). The second kappa shape index (κ2) is 3.74. The average Bonchev–Trinajstić information content (AvgIpc) is 2.11. The largest absolute Gasteiger partial charge is 0.328 e. The van der Waals surface area contributed by atoms with Gasteiger partial charge < -0.3 is 5.73 Å². The molecular formula is C6H14ClNO2S. The molecule has 0 heterocycles. The van der Waals surface area contributed by atoms with Crippen LogP contribution in [0.2, 0.25) is 0 Å². The average molecular weight is 200 g/mol. The van der Waals surface area contributed by atoms with Crippen LogP contribution in [-0.2, 0) is 9.84 Å². The number of nitrogens with two attached hydrogens (primary N) is 1. The van der Waals surface area contributed by atoms with Crippen LogP contribution in [0.1, 0.15) is 19.3 Å². The molecule has 1 saturated carbocycles. The molecule has 0 radical (unpaired) electrons. The quantitative estimate of drug-likeness (QED) is 0.663. The highest BCUT2D eigenvalue weighted by molar-refractivity contribution is 7.91. The fourth-order valence-corrected chi connectivity index (χ4v) is 2.52. The maximum absolute atomic E-state index is 10.9. The second-order valence-corrected chi connectivity index (χ2v) is 5.35. The molecule has 0 aliphatic heterocycles. The van der Waals surface area contributed by atoms with Gasteiger partial charge in [0, 0.05) is 12.3 Å². The van der Waals surface area contributed by atoms with Gasteiger partial charge in [0.05, 0.1) is 5.25 Å². The van der Waals surface area contributed by atoms with Gasteiger partial charge in [0.25, 0.3) is 0 Å². The summed E-state index contributed by atoms with van der Waals surface area (Å²) in [7, 11) is -2.82. The summed E-state index contributed by atoms with van der Waals surface area (Å²) >= 11 is 0. The first-order chi connectivity index (χ1) is 4.50. The van der Waals surface area contributed by atoms with Crippen molar-refractivity contribution in [3.05, 3.63) is 0 Å². The number of hydrogen-bond acceptors (Lipinski definition) is 3. The lowest BCUT2D eigenvalue weighted by atomic mass is 10.3. The van der Waals surface area contributed by atoms with Gasteiger partial charge in [0.1, 0.15) is 9.84 Å². The molecule has 0 bridgehead atoms. The molecule has 68 valence electrons. The molecule has 0 aromatic heterocycles. The summed E-state index contributed by atoms with van der Waals surface area (Å²) in [6.45, 7) is 0. The lowest BCUT2D eigenvalue weighted by molar-refractivity contribution is 0.584. The van der Waals surface area contributed by atoms with E-state index in [4.69, 9.17) is 5.73 Å². The van der Waals surface area contributed by atoms with Crippen molar-refractivity contribution in [3.63, 3.8) is 0 Å². The van der Waals surface area contributed by atoms with Crippen LogP contribution in [0, 0.1) is 0 Å². The molecule has 2 atom stereocenters. The highest BCUT2D eigenvalue weighted by Gasteiger charge is 2.29. The normalized spacial score (nSPS) is 31.5. The summed E-state index contributed by atoms with van der Waals surface area (Å²) in [5.74, 6) is 0. The summed E-state index contributed by atoms with van der Waals surface area (Å²) in [4.78, 5) is 0. The highest BCUT2D eigenvalue weighted by Crippen LogP contribution is 2.22. The van der Waals surface area contributed by atoms with Crippen molar-refractivity contribution in [3.8, 4) is 0 Å². The van der Waals surface area contributed by atoms with Gasteiger partial charge in [-0.2, -0.15) is 0 Å². The van der Waals surface area contributed by atoms with Crippen molar-refractivity contribution in [2.24, 2.45) is 5.73 Å². The Morgan fingerprint density at radius 1 is 1.36 bits per heavy atom. The predicted molar refractivity (Wildman–Crippen MR) is 47.7 cm³/mol. The van der Waals surface area contributed by atoms with E-state index in [-0.39, 0.29) is 23.7 Å². The zero-order chi connectivity index (χ0) is 7.78. The van der Waals surface area contributed by atoms with Crippen LogP contribution in [-0.4, -0.2) is 26.0 Å². The third kappa shape index (κ3) is 2.97. The van der Waals surface area contributed by atoms with Gasteiger partial charge in [0.15, 0.2) is 0 Å². The van der Waals surface area contributed by atoms with Gasteiger partial charge >= 0.3 is 0 Å². The highest BCUT2D eigenvalue weighted by atomic mass is 35.5. The van der Waals surface area contributed by atoms with Crippen molar-refractivity contribution >= 4 is 22.2 Å². The lowest BCUT2D eigenvalue weighted by Gasteiger charge is -2.04. The van der Waals surface area contributed by atoms with Gasteiger partial charge in [-0.25, -0.2) is 8.42 Å². The van der Waals surface area contributed by atoms with Crippen molar-refractivity contribution < 1.29 is 8.42 Å². The molecule has 0 aromatic rings. The smallest absolute Gasteiger partial charge is 0.150 e. The van der Waals surface area contributed by atoms with Crippen molar-refractivity contribution in [1.82, 2.24) is 0 Å². The number of halogens is 1. The van der Waals surface area contributed by atoms with Crippen LogP contribution in [0.25, 0.3) is 0 Å². The van der Waals surface area contributed by atoms with Crippen LogP contribution >= 0.6 is 12.4 Å². The molecule has 2 N–H and O–H groups in total. The standard InChI is InChI=1S/C6H13NO2S.ClH/c1-10(8,9)6-3-2-5(7)4-6;/h5-6H,2-4,7H2,1H3;1H/t5-,6+;/m1./s1. The zero-order valence-corrected chi connectivity index (χ0v) is 8.12. The molecule has 11 heavy (non-hydrogen) atoms. The molecule has 3 nitrogen and oxygen atoms in total. The van der Waals surface area contributed by atoms with Crippen LogP contribution in [0.15, 0.2) is 0 Å². The van der Waals surface area contributed by atoms with E-state index in [1.165, 1.54) is 6.26 Å². The SMILES string of the molecule is CS(=O)(=O)[C@H]1CC[C@@H](N)C1.Cl. The Hall–Kier alpha value is 0.200. The van der Waals surface area contributed by atoms with Gasteiger partial charge in [-0.3, -0.25) is 0 Å². The van der Waals surface area contributed by atoms with E-state index >= 15 is 0 Å². The second-order valence-electron chi connectivity index (χ2n) is 3.02. The summed E-state index contributed by atoms with van der Waals surface area (Å²) in [6.07, 6.45) is 3.55. The maximum Gasteiger partial charge on any atom is 0.150 e.